The minimum atomic E-state index is -3.52. The van der Waals surface area contributed by atoms with Crippen molar-refractivity contribution in [2.24, 2.45) is 7.05 Å². The fourth-order valence-electron chi connectivity index (χ4n) is 4.18. The summed E-state index contributed by atoms with van der Waals surface area (Å²) in [5, 5.41) is 4.18. The third-order valence-corrected chi connectivity index (χ3v) is 7.81. The first-order chi connectivity index (χ1) is 14.9. The van der Waals surface area contributed by atoms with Gasteiger partial charge < -0.3 is 4.74 Å². The van der Waals surface area contributed by atoms with Gasteiger partial charge in [-0.25, -0.2) is 8.42 Å². The Morgan fingerprint density at radius 3 is 2.55 bits per heavy atom. The summed E-state index contributed by atoms with van der Waals surface area (Å²) in [7, 11) is -0.110. The Bertz CT molecular complexity index is 1170. The summed E-state index contributed by atoms with van der Waals surface area (Å²) in [6, 6.07) is 14.1. The molecule has 1 aromatic carbocycles. The fourth-order valence-corrected chi connectivity index (χ4v) is 5.85. The normalized spacial score (nSPS) is 15.8. The van der Waals surface area contributed by atoms with Gasteiger partial charge in [0.05, 0.1) is 12.8 Å². The van der Waals surface area contributed by atoms with Crippen LogP contribution in [0.1, 0.15) is 41.4 Å². The van der Waals surface area contributed by atoms with Crippen molar-refractivity contribution in [3.63, 3.8) is 0 Å². The standard InChI is InChI=1S/C23H28N4O3S/c1-17-23(16-26(2)25-17)31(28,29)27-12-10-19(11-13-27)22-9-5-7-20(24-22)14-18-6-4-8-21(15-18)30-3/h4-9,15-16,19H,10-14H2,1-3H3. The highest BCUT2D eigenvalue weighted by molar-refractivity contribution is 7.89. The Hall–Kier alpha value is -2.71. The van der Waals surface area contributed by atoms with E-state index < -0.39 is 10.0 Å². The van der Waals surface area contributed by atoms with E-state index in [1.165, 1.54) is 0 Å². The number of methoxy groups -OCH3 is 1. The monoisotopic (exact) mass is 440 g/mol. The molecule has 0 unspecified atom stereocenters. The maximum absolute atomic E-state index is 13.0. The molecule has 0 saturated carbocycles. The number of benzene rings is 1. The van der Waals surface area contributed by atoms with Crippen LogP contribution >= 0.6 is 0 Å². The molecule has 4 rings (SSSR count). The zero-order valence-electron chi connectivity index (χ0n) is 18.2. The summed E-state index contributed by atoms with van der Waals surface area (Å²) >= 11 is 0. The largest absolute Gasteiger partial charge is 0.497 e. The SMILES string of the molecule is COc1cccc(Cc2cccc(C3CCN(S(=O)(=O)c4cn(C)nc4C)CC3)n2)c1. The molecule has 0 N–H and O–H groups in total. The number of nitrogens with zero attached hydrogens (tertiary/aromatic N) is 4. The second-order valence-electron chi connectivity index (χ2n) is 8.01. The molecule has 0 spiro atoms. The van der Waals surface area contributed by atoms with E-state index >= 15 is 0 Å². The molecule has 0 atom stereocenters. The van der Waals surface area contributed by atoms with Gasteiger partial charge in [0.25, 0.3) is 0 Å². The Balaban J connectivity index is 1.44. The lowest BCUT2D eigenvalue weighted by Gasteiger charge is -2.31. The van der Waals surface area contributed by atoms with Crippen molar-refractivity contribution in [3.8, 4) is 5.75 Å². The number of aromatic nitrogens is 3. The van der Waals surface area contributed by atoms with Gasteiger partial charge in [-0.1, -0.05) is 18.2 Å². The number of piperidine rings is 1. The van der Waals surface area contributed by atoms with Gasteiger partial charge >= 0.3 is 0 Å². The van der Waals surface area contributed by atoms with E-state index in [2.05, 4.69) is 17.2 Å². The van der Waals surface area contributed by atoms with Crippen molar-refractivity contribution in [2.45, 2.75) is 37.0 Å². The first-order valence-electron chi connectivity index (χ1n) is 10.5. The van der Waals surface area contributed by atoms with E-state index in [4.69, 9.17) is 9.72 Å². The van der Waals surface area contributed by atoms with Crippen LogP contribution in [0.25, 0.3) is 0 Å². The summed E-state index contributed by atoms with van der Waals surface area (Å²) in [5.41, 5.74) is 3.73. The van der Waals surface area contributed by atoms with Crippen LogP contribution in [0.15, 0.2) is 53.6 Å². The van der Waals surface area contributed by atoms with Crippen LogP contribution in [0.3, 0.4) is 0 Å². The summed E-state index contributed by atoms with van der Waals surface area (Å²) in [6.45, 7) is 2.71. The maximum Gasteiger partial charge on any atom is 0.246 e. The molecule has 7 nitrogen and oxygen atoms in total. The number of hydrogen-bond acceptors (Lipinski definition) is 5. The molecule has 31 heavy (non-hydrogen) atoms. The van der Waals surface area contributed by atoms with Gasteiger partial charge in [-0.3, -0.25) is 9.67 Å². The molecule has 3 aromatic rings. The van der Waals surface area contributed by atoms with Gasteiger partial charge in [-0.15, -0.1) is 0 Å². The van der Waals surface area contributed by atoms with Crippen LogP contribution in [-0.4, -0.2) is 47.7 Å². The topological polar surface area (TPSA) is 77.3 Å². The minimum Gasteiger partial charge on any atom is -0.497 e. The Labute approximate surface area is 183 Å². The number of hydrogen-bond donors (Lipinski definition) is 0. The zero-order chi connectivity index (χ0) is 22.0. The molecule has 0 amide bonds. The molecule has 1 fully saturated rings. The van der Waals surface area contributed by atoms with Crippen molar-refractivity contribution in [1.82, 2.24) is 19.1 Å². The highest BCUT2D eigenvalue weighted by Crippen LogP contribution is 2.30. The molecule has 3 heterocycles. The van der Waals surface area contributed by atoms with E-state index in [-0.39, 0.29) is 5.92 Å². The van der Waals surface area contributed by atoms with E-state index in [1.807, 2.05) is 30.3 Å². The zero-order valence-corrected chi connectivity index (χ0v) is 19.0. The van der Waals surface area contributed by atoms with E-state index in [1.54, 1.807) is 36.3 Å². The number of sulfonamides is 1. The number of rotatable bonds is 6. The van der Waals surface area contributed by atoms with Crippen LogP contribution in [0.5, 0.6) is 5.75 Å². The van der Waals surface area contributed by atoms with Gasteiger partial charge in [-0.2, -0.15) is 9.40 Å². The third kappa shape index (κ3) is 4.65. The van der Waals surface area contributed by atoms with Crippen molar-refractivity contribution in [2.75, 3.05) is 20.2 Å². The Morgan fingerprint density at radius 2 is 1.87 bits per heavy atom. The van der Waals surface area contributed by atoms with Gasteiger partial charge in [0.15, 0.2) is 0 Å². The van der Waals surface area contributed by atoms with Crippen LogP contribution in [0.2, 0.25) is 0 Å². The van der Waals surface area contributed by atoms with E-state index in [0.29, 0.717) is 23.7 Å². The van der Waals surface area contributed by atoms with Crippen LogP contribution < -0.4 is 4.74 Å². The van der Waals surface area contributed by atoms with Crippen LogP contribution in [0, 0.1) is 6.92 Å². The average Bonchev–Trinajstić information content (AvgIpc) is 3.13. The molecule has 2 aromatic heterocycles. The highest BCUT2D eigenvalue weighted by atomic mass is 32.2. The van der Waals surface area contributed by atoms with Crippen molar-refractivity contribution in [3.05, 3.63) is 71.3 Å². The first-order valence-corrected chi connectivity index (χ1v) is 11.9. The summed E-state index contributed by atoms with van der Waals surface area (Å²) in [6.07, 6.45) is 3.83. The van der Waals surface area contributed by atoms with Crippen LogP contribution in [-0.2, 0) is 23.5 Å². The molecule has 1 saturated heterocycles. The number of aryl methyl sites for hydroxylation is 2. The molecule has 1 aliphatic rings. The van der Waals surface area contributed by atoms with Crippen molar-refractivity contribution >= 4 is 10.0 Å². The maximum atomic E-state index is 13.0. The lowest BCUT2D eigenvalue weighted by atomic mass is 9.94. The van der Waals surface area contributed by atoms with Crippen molar-refractivity contribution < 1.29 is 13.2 Å². The lowest BCUT2D eigenvalue weighted by molar-refractivity contribution is 0.316. The Morgan fingerprint density at radius 1 is 1.13 bits per heavy atom. The molecule has 0 bridgehead atoms. The average molecular weight is 441 g/mol. The third-order valence-electron chi connectivity index (χ3n) is 5.81. The summed E-state index contributed by atoms with van der Waals surface area (Å²) < 4.78 is 34.5. The van der Waals surface area contributed by atoms with Gasteiger partial charge in [0.1, 0.15) is 10.6 Å². The van der Waals surface area contributed by atoms with E-state index in [0.717, 1.165) is 42.0 Å². The lowest BCUT2D eigenvalue weighted by Crippen LogP contribution is -2.38. The molecule has 1 aliphatic heterocycles. The van der Waals surface area contributed by atoms with Crippen molar-refractivity contribution in [1.29, 1.82) is 0 Å². The fraction of sp³-hybridized carbons (Fsp3) is 0.391. The minimum absolute atomic E-state index is 0.256. The van der Waals surface area contributed by atoms with E-state index in [9.17, 15) is 8.42 Å². The number of ether oxygens (including phenoxy) is 1. The molecule has 164 valence electrons. The second-order valence-corrected chi connectivity index (χ2v) is 9.92. The predicted octanol–water partition coefficient (Wildman–Crippen LogP) is 3.29. The predicted molar refractivity (Wildman–Crippen MR) is 119 cm³/mol. The smallest absolute Gasteiger partial charge is 0.246 e. The highest BCUT2D eigenvalue weighted by Gasteiger charge is 2.32. The molecular formula is C23H28N4O3S. The molecule has 8 heteroatoms. The summed E-state index contributed by atoms with van der Waals surface area (Å²) in [5.74, 6) is 1.10. The Kier molecular flexibility index (Phi) is 6.11. The molecule has 0 aliphatic carbocycles. The first kappa shape index (κ1) is 21.5. The summed E-state index contributed by atoms with van der Waals surface area (Å²) in [4.78, 5) is 5.19. The molecule has 0 radical (unpaired) electrons. The second kappa shape index (κ2) is 8.80. The molecular weight excluding hydrogens is 412 g/mol. The number of pyridine rings is 1. The quantitative estimate of drug-likeness (QED) is 0.588. The van der Waals surface area contributed by atoms with Gasteiger partial charge in [-0.05, 0) is 49.6 Å². The van der Waals surface area contributed by atoms with Gasteiger partial charge in [0, 0.05) is 50.1 Å². The van der Waals surface area contributed by atoms with Crippen LogP contribution in [0.4, 0.5) is 0 Å². The van der Waals surface area contributed by atoms with Gasteiger partial charge in [0.2, 0.25) is 10.0 Å².